The number of hydrogen-bond acceptors (Lipinski definition) is 2. The average molecular weight is 406 g/mol. The first-order valence-corrected chi connectivity index (χ1v) is 8.93. The molecule has 2 aromatic carbocycles. The van der Waals surface area contributed by atoms with E-state index in [1.165, 1.54) is 6.07 Å². The van der Waals surface area contributed by atoms with Gasteiger partial charge in [0.15, 0.2) is 0 Å². The van der Waals surface area contributed by atoms with Crippen molar-refractivity contribution in [1.29, 1.82) is 5.26 Å². The van der Waals surface area contributed by atoms with Gasteiger partial charge in [0.05, 0.1) is 22.3 Å². The molecule has 4 nitrogen and oxygen atoms in total. The van der Waals surface area contributed by atoms with Gasteiger partial charge in [-0.2, -0.15) is 18.4 Å². The molecular weight excluding hydrogens is 391 g/mol. The summed E-state index contributed by atoms with van der Waals surface area (Å²) >= 11 is 5.51. The summed E-state index contributed by atoms with van der Waals surface area (Å²) in [6.07, 6.45) is -4.48. The number of fused-ring (bicyclic) bond motifs is 1. The number of nitriles is 1. The summed E-state index contributed by atoms with van der Waals surface area (Å²) in [4.78, 5) is 11.5. The normalized spacial score (nSPS) is 11.4. The van der Waals surface area contributed by atoms with Crippen LogP contribution < -0.4 is 5.32 Å². The van der Waals surface area contributed by atoms with Crippen molar-refractivity contribution in [2.75, 3.05) is 11.2 Å². The van der Waals surface area contributed by atoms with Crippen LogP contribution in [0.2, 0.25) is 0 Å². The van der Waals surface area contributed by atoms with Gasteiger partial charge < -0.3 is 9.88 Å². The van der Waals surface area contributed by atoms with Crippen LogP contribution in [0.1, 0.15) is 18.1 Å². The zero-order valence-corrected chi connectivity index (χ0v) is 15.5. The molecule has 8 heteroatoms. The molecule has 0 fully saturated rings. The maximum atomic E-state index is 13.1. The zero-order chi connectivity index (χ0) is 20.5. The van der Waals surface area contributed by atoms with Crippen molar-refractivity contribution in [1.82, 2.24) is 4.57 Å². The van der Waals surface area contributed by atoms with Crippen LogP contribution in [0.3, 0.4) is 0 Å². The van der Waals surface area contributed by atoms with Gasteiger partial charge in [-0.05, 0) is 31.2 Å². The molecule has 1 N–H and O–H groups in total. The SMILES string of the molecule is CCn1c(-c2cccc(NC(=O)CCl)c2)c(C#N)c2ccc(C(F)(F)F)cc21. The Hall–Kier alpha value is -2.98. The topological polar surface area (TPSA) is 57.8 Å². The van der Waals surface area contributed by atoms with Gasteiger partial charge in [-0.3, -0.25) is 4.79 Å². The molecule has 0 spiro atoms. The van der Waals surface area contributed by atoms with Crippen LogP contribution in [-0.2, 0) is 17.5 Å². The van der Waals surface area contributed by atoms with Crippen molar-refractivity contribution in [2.24, 2.45) is 0 Å². The average Bonchev–Trinajstić information content (AvgIpc) is 3.00. The summed E-state index contributed by atoms with van der Waals surface area (Å²) in [6.45, 7) is 2.16. The predicted molar refractivity (Wildman–Crippen MR) is 102 cm³/mol. The highest BCUT2D eigenvalue weighted by Crippen LogP contribution is 2.38. The van der Waals surface area contributed by atoms with Crippen molar-refractivity contribution >= 4 is 34.1 Å². The third-order valence-corrected chi connectivity index (χ3v) is 4.60. The van der Waals surface area contributed by atoms with Crippen molar-refractivity contribution in [3.63, 3.8) is 0 Å². The number of aromatic nitrogens is 1. The lowest BCUT2D eigenvalue weighted by Gasteiger charge is -2.11. The van der Waals surface area contributed by atoms with E-state index in [1.807, 2.05) is 0 Å². The van der Waals surface area contributed by atoms with Gasteiger partial charge in [0, 0.05) is 23.2 Å². The third-order valence-electron chi connectivity index (χ3n) is 4.36. The summed E-state index contributed by atoms with van der Waals surface area (Å²) in [7, 11) is 0. The molecule has 0 atom stereocenters. The Kier molecular flexibility index (Phi) is 5.34. The van der Waals surface area contributed by atoms with E-state index in [-0.39, 0.29) is 17.4 Å². The van der Waals surface area contributed by atoms with Crippen LogP contribution in [-0.4, -0.2) is 16.4 Å². The fourth-order valence-corrected chi connectivity index (χ4v) is 3.27. The maximum absolute atomic E-state index is 13.1. The number of amides is 1. The van der Waals surface area contributed by atoms with E-state index in [2.05, 4.69) is 11.4 Å². The van der Waals surface area contributed by atoms with Crippen LogP contribution in [0, 0.1) is 11.3 Å². The quantitative estimate of drug-likeness (QED) is 0.591. The standard InChI is InChI=1S/C20H15ClF3N3O/c1-2-27-17-9-13(20(22,23)24)6-7-15(17)16(11-25)19(27)12-4-3-5-14(8-12)26-18(28)10-21/h3-9H,2,10H2,1H3,(H,26,28). The highest BCUT2D eigenvalue weighted by Gasteiger charge is 2.31. The van der Waals surface area contributed by atoms with Crippen LogP contribution in [0.25, 0.3) is 22.2 Å². The van der Waals surface area contributed by atoms with Gasteiger partial charge in [0.25, 0.3) is 0 Å². The van der Waals surface area contributed by atoms with Crippen LogP contribution in [0.5, 0.6) is 0 Å². The van der Waals surface area contributed by atoms with E-state index in [9.17, 15) is 23.2 Å². The molecule has 0 bridgehead atoms. The second-order valence-electron chi connectivity index (χ2n) is 6.07. The summed E-state index contributed by atoms with van der Waals surface area (Å²) < 4.78 is 41.1. The number of alkyl halides is 4. The molecule has 0 saturated heterocycles. The lowest BCUT2D eigenvalue weighted by Crippen LogP contribution is -2.12. The first-order chi connectivity index (χ1) is 13.3. The number of rotatable bonds is 4. The molecule has 3 aromatic rings. The molecule has 0 aliphatic rings. The van der Waals surface area contributed by atoms with Gasteiger partial charge in [-0.1, -0.05) is 18.2 Å². The molecule has 1 amide bonds. The van der Waals surface area contributed by atoms with E-state index in [4.69, 9.17) is 11.6 Å². The van der Waals surface area contributed by atoms with Gasteiger partial charge in [-0.15, -0.1) is 11.6 Å². The molecule has 3 rings (SSSR count). The Morgan fingerprint density at radius 3 is 2.61 bits per heavy atom. The Bertz CT molecular complexity index is 1100. The van der Waals surface area contributed by atoms with Crippen LogP contribution in [0.4, 0.5) is 18.9 Å². The lowest BCUT2D eigenvalue weighted by atomic mass is 10.0. The van der Waals surface area contributed by atoms with E-state index in [1.54, 1.807) is 35.8 Å². The van der Waals surface area contributed by atoms with Crippen molar-refractivity contribution in [3.8, 4) is 17.3 Å². The Morgan fingerprint density at radius 2 is 2.00 bits per heavy atom. The number of carbonyl (C=O) groups excluding carboxylic acids is 1. The Balaban J connectivity index is 2.25. The third kappa shape index (κ3) is 3.56. The minimum atomic E-state index is -4.48. The molecule has 0 saturated carbocycles. The largest absolute Gasteiger partial charge is 0.416 e. The first kappa shape index (κ1) is 19.8. The molecule has 0 aliphatic carbocycles. The highest BCUT2D eigenvalue weighted by atomic mass is 35.5. The second kappa shape index (κ2) is 7.56. The second-order valence-corrected chi connectivity index (χ2v) is 6.34. The molecule has 0 radical (unpaired) electrons. The summed E-state index contributed by atoms with van der Waals surface area (Å²) in [5, 5.41) is 12.8. The van der Waals surface area contributed by atoms with Crippen molar-refractivity contribution < 1.29 is 18.0 Å². The predicted octanol–water partition coefficient (Wildman–Crippen LogP) is 5.40. The van der Waals surface area contributed by atoms with Crippen molar-refractivity contribution in [2.45, 2.75) is 19.6 Å². The van der Waals surface area contributed by atoms with Gasteiger partial charge >= 0.3 is 6.18 Å². The molecule has 0 aliphatic heterocycles. The summed E-state index contributed by atoms with van der Waals surface area (Å²) in [5.74, 6) is -0.589. The van der Waals surface area contributed by atoms with Gasteiger partial charge in [0.2, 0.25) is 5.91 Å². The molecule has 0 unspecified atom stereocenters. The monoisotopic (exact) mass is 405 g/mol. The number of nitrogens with one attached hydrogen (secondary N) is 1. The zero-order valence-electron chi connectivity index (χ0n) is 14.8. The Morgan fingerprint density at radius 1 is 1.25 bits per heavy atom. The van der Waals surface area contributed by atoms with Gasteiger partial charge in [0.1, 0.15) is 11.9 Å². The Labute approximate surface area is 164 Å². The van der Waals surface area contributed by atoms with Crippen LogP contribution in [0.15, 0.2) is 42.5 Å². The molecular formula is C20H15ClF3N3O. The van der Waals surface area contributed by atoms with E-state index in [0.717, 1.165) is 12.1 Å². The van der Waals surface area contributed by atoms with Crippen molar-refractivity contribution in [3.05, 3.63) is 53.6 Å². The maximum Gasteiger partial charge on any atom is 0.416 e. The molecule has 144 valence electrons. The molecule has 1 heterocycles. The smallest absolute Gasteiger partial charge is 0.340 e. The number of aryl methyl sites for hydroxylation is 1. The number of carbonyl (C=O) groups is 1. The number of halogens is 4. The summed E-state index contributed by atoms with van der Waals surface area (Å²) in [6, 6.07) is 12.2. The summed E-state index contributed by atoms with van der Waals surface area (Å²) in [5.41, 5.74) is 1.43. The van der Waals surface area contributed by atoms with E-state index in [0.29, 0.717) is 34.4 Å². The van der Waals surface area contributed by atoms with E-state index < -0.39 is 11.7 Å². The van der Waals surface area contributed by atoms with Gasteiger partial charge in [-0.25, -0.2) is 0 Å². The molecule has 1 aromatic heterocycles. The number of benzene rings is 2. The fourth-order valence-electron chi connectivity index (χ4n) is 3.21. The lowest BCUT2D eigenvalue weighted by molar-refractivity contribution is -0.137. The van der Waals surface area contributed by atoms with E-state index >= 15 is 0 Å². The minimum Gasteiger partial charge on any atom is -0.340 e. The molecule has 28 heavy (non-hydrogen) atoms. The first-order valence-electron chi connectivity index (χ1n) is 8.40. The number of anilines is 1. The fraction of sp³-hybridized carbons (Fsp3) is 0.200. The highest BCUT2D eigenvalue weighted by molar-refractivity contribution is 6.29. The number of hydrogen-bond donors (Lipinski definition) is 1. The van der Waals surface area contributed by atoms with Crippen LogP contribution >= 0.6 is 11.6 Å². The number of nitrogens with zero attached hydrogens (tertiary/aromatic N) is 2. The minimum absolute atomic E-state index is 0.205.